The van der Waals surface area contributed by atoms with Crippen LogP contribution in [-0.2, 0) is 9.53 Å². The van der Waals surface area contributed by atoms with Crippen LogP contribution in [0.5, 0.6) is 0 Å². The third-order valence-electron chi connectivity index (χ3n) is 3.63. The van der Waals surface area contributed by atoms with Crippen molar-refractivity contribution in [3.63, 3.8) is 0 Å². The number of nitrogens with one attached hydrogen (secondary N) is 1. The van der Waals surface area contributed by atoms with Crippen LogP contribution in [0.1, 0.15) is 33.6 Å². The Labute approximate surface area is 152 Å². The molecule has 0 spiro atoms. The van der Waals surface area contributed by atoms with Crippen molar-refractivity contribution >= 4 is 40.9 Å². The zero-order chi connectivity index (χ0) is 17.9. The number of nitrogens with zero attached hydrogens (tertiary/aromatic N) is 1. The highest BCUT2D eigenvalue weighted by atomic mass is 35.5. The lowest BCUT2D eigenvalue weighted by Crippen LogP contribution is -2.45. The second-order valence-corrected chi connectivity index (χ2v) is 7.72. The fourth-order valence-electron chi connectivity index (χ4n) is 2.51. The van der Waals surface area contributed by atoms with E-state index in [2.05, 4.69) is 5.32 Å². The van der Waals surface area contributed by atoms with Crippen molar-refractivity contribution < 1.29 is 14.3 Å². The van der Waals surface area contributed by atoms with Crippen LogP contribution in [0.25, 0.3) is 0 Å². The Morgan fingerprint density at radius 3 is 2.67 bits per heavy atom. The van der Waals surface area contributed by atoms with Gasteiger partial charge in [0.25, 0.3) is 0 Å². The number of carbonyl (C=O) groups is 2. The molecule has 1 aromatic rings. The molecule has 0 aromatic heterocycles. The maximum absolute atomic E-state index is 12.5. The first-order chi connectivity index (χ1) is 11.2. The molecule has 2 amide bonds. The van der Waals surface area contributed by atoms with Crippen LogP contribution in [0.15, 0.2) is 18.2 Å². The molecular weight excluding hydrogens is 351 g/mol. The van der Waals surface area contributed by atoms with Crippen LogP contribution < -0.4 is 5.32 Å². The molecule has 1 aliphatic heterocycles. The number of halogens is 2. The number of piperidine rings is 1. The maximum atomic E-state index is 12.5. The Bertz CT molecular complexity index is 629. The molecule has 1 heterocycles. The van der Waals surface area contributed by atoms with Crippen molar-refractivity contribution in [2.45, 2.75) is 39.2 Å². The molecule has 1 N–H and O–H groups in total. The van der Waals surface area contributed by atoms with Crippen molar-refractivity contribution in [1.82, 2.24) is 4.90 Å². The number of ether oxygens (including phenoxy) is 1. The number of likely N-dealkylation sites (tertiary alicyclic amines) is 1. The van der Waals surface area contributed by atoms with Gasteiger partial charge in [-0.3, -0.25) is 4.79 Å². The molecule has 1 saturated heterocycles. The number of benzene rings is 1. The fraction of sp³-hybridized carbons (Fsp3) is 0.529. The topological polar surface area (TPSA) is 58.6 Å². The Kier molecular flexibility index (Phi) is 5.99. The van der Waals surface area contributed by atoms with Crippen molar-refractivity contribution in [1.29, 1.82) is 0 Å². The van der Waals surface area contributed by atoms with Crippen molar-refractivity contribution in [2.75, 3.05) is 18.4 Å². The minimum atomic E-state index is -0.555. The minimum Gasteiger partial charge on any atom is -0.444 e. The first kappa shape index (κ1) is 18.9. The lowest BCUT2D eigenvalue weighted by molar-refractivity contribution is -0.121. The molecule has 0 saturated carbocycles. The van der Waals surface area contributed by atoms with E-state index in [-0.39, 0.29) is 17.9 Å². The summed E-state index contributed by atoms with van der Waals surface area (Å²) in [4.78, 5) is 26.2. The molecule has 0 bridgehead atoms. The van der Waals surface area contributed by atoms with E-state index in [1.54, 1.807) is 23.1 Å². The van der Waals surface area contributed by atoms with Gasteiger partial charge >= 0.3 is 6.09 Å². The summed E-state index contributed by atoms with van der Waals surface area (Å²) < 4.78 is 5.38. The Hall–Kier alpha value is -1.46. The summed E-state index contributed by atoms with van der Waals surface area (Å²) in [7, 11) is 0. The van der Waals surface area contributed by atoms with E-state index in [0.29, 0.717) is 35.2 Å². The largest absolute Gasteiger partial charge is 0.444 e. The van der Waals surface area contributed by atoms with E-state index in [0.717, 1.165) is 6.42 Å². The fourth-order valence-corrected chi connectivity index (χ4v) is 2.85. The van der Waals surface area contributed by atoms with Crippen LogP contribution in [0, 0.1) is 5.92 Å². The molecule has 5 nitrogen and oxygen atoms in total. The Morgan fingerprint density at radius 1 is 1.29 bits per heavy atom. The summed E-state index contributed by atoms with van der Waals surface area (Å²) in [6, 6.07) is 4.90. The summed E-state index contributed by atoms with van der Waals surface area (Å²) in [6.07, 6.45) is 1.07. The number of hydrogen-bond donors (Lipinski definition) is 1. The summed E-state index contributed by atoms with van der Waals surface area (Å²) >= 11 is 12.0. The quantitative estimate of drug-likeness (QED) is 0.826. The molecular formula is C17H22Cl2N2O3. The molecule has 1 atom stereocenters. The monoisotopic (exact) mass is 372 g/mol. The standard InChI is InChI=1S/C17H22Cl2N2O3/c1-17(2,3)24-16(23)21-8-4-5-11(10-21)15(22)20-14-9-12(18)6-7-13(14)19/h6-7,9,11H,4-5,8,10H2,1-3H3,(H,20,22). The molecule has 7 heteroatoms. The van der Waals surface area contributed by atoms with Gasteiger partial charge in [0.2, 0.25) is 5.91 Å². The van der Waals surface area contributed by atoms with E-state index in [4.69, 9.17) is 27.9 Å². The van der Waals surface area contributed by atoms with E-state index in [1.807, 2.05) is 20.8 Å². The minimum absolute atomic E-state index is 0.174. The van der Waals surface area contributed by atoms with Crippen LogP contribution in [0.3, 0.4) is 0 Å². The lowest BCUT2D eigenvalue weighted by Gasteiger charge is -2.33. The number of hydrogen-bond acceptors (Lipinski definition) is 3. The van der Waals surface area contributed by atoms with Crippen molar-refractivity contribution in [2.24, 2.45) is 5.92 Å². The number of anilines is 1. The highest BCUT2D eigenvalue weighted by molar-refractivity contribution is 6.35. The van der Waals surface area contributed by atoms with Crippen LogP contribution in [0.4, 0.5) is 10.5 Å². The molecule has 24 heavy (non-hydrogen) atoms. The van der Waals surface area contributed by atoms with Gasteiger partial charge in [0.15, 0.2) is 0 Å². The normalized spacial score (nSPS) is 18.2. The van der Waals surface area contributed by atoms with Gasteiger partial charge in [-0.1, -0.05) is 23.2 Å². The Balaban J connectivity index is 2.00. The van der Waals surface area contributed by atoms with Gasteiger partial charge in [-0.05, 0) is 51.8 Å². The summed E-state index contributed by atoms with van der Waals surface area (Å²) in [6.45, 7) is 6.39. The second-order valence-electron chi connectivity index (χ2n) is 6.88. The molecule has 1 unspecified atom stereocenters. The average molecular weight is 373 g/mol. The Morgan fingerprint density at radius 2 is 2.00 bits per heavy atom. The molecule has 1 fully saturated rings. The first-order valence-corrected chi connectivity index (χ1v) is 8.65. The summed E-state index contributed by atoms with van der Waals surface area (Å²) in [5.41, 5.74) is -0.0794. The van der Waals surface area contributed by atoms with Gasteiger partial charge in [0, 0.05) is 18.1 Å². The zero-order valence-electron chi connectivity index (χ0n) is 14.1. The van der Waals surface area contributed by atoms with Crippen molar-refractivity contribution in [3.05, 3.63) is 28.2 Å². The van der Waals surface area contributed by atoms with Crippen molar-refractivity contribution in [3.8, 4) is 0 Å². The molecule has 132 valence electrons. The molecule has 1 aromatic carbocycles. The zero-order valence-corrected chi connectivity index (χ0v) is 15.6. The third-order valence-corrected chi connectivity index (χ3v) is 4.19. The number of carbonyl (C=O) groups excluding carboxylic acids is 2. The van der Waals surface area contributed by atoms with Crippen LogP contribution >= 0.6 is 23.2 Å². The van der Waals surface area contributed by atoms with E-state index in [9.17, 15) is 9.59 Å². The van der Waals surface area contributed by atoms with Crippen LogP contribution in [-0.4, -0.2) is 35.6 Å². The van der Waals surface area contributed by atoms with E-state index < -0.39 is 5.60 Å². The first-order valence-electron chi connectivity index (χ1n) is 7.89. The van der Waals surface area contributed by atoms with Gasteiger partial charge in [-0.15, -0.1) is 0 Å². The smallest absolute Gasteiger partial charge is 0.410 e. The van der Waals surface area contributed by atoms with E-state index in [1.165, 1.54) is 0 Å². The molecule has 0 aliphatic carbocycles. The summed E-state index contributed by atoms with van der Waals surface area (Å²) in [5.74, 6) is -0.478. The van der Waals surface area contributed by atoms with Gasteiger partial charge in [0.05, 0.1) is 16.6 Å². The van der Waals surface area contributed by atoms with Gasteiger partial charge < -0.3 is 15.0 Å². The average Bonchev–Trinajstić information content (AvgIpc) is 2.49. The predicted octanol–water partition coefficient (Wildman–Crippen LogP) is 4.58. The molecule has 2 rings (SSSR count). The number of rotatable bonds is 2. The highest BCUT2D eigenvalue weighted by Crippen LogP contribution is 2.27. The summed E-state index contributed by atoms with van der Waals surface area (Å²) in [5, 5.41) is 3.71. The van der Waals surface area contributed by atoms with Gasteiger partial charge in [-0.25, -0.2) is 4.79 Å². The third kappa shape index (κ3) is 5.28. The lowest BCUT2D eigenvalue weighted by atomic mass is 9.97. The number of amides is 2. The SMILES string of the molecule is CC(C)(C)OC(=O)N1CCCC(C(=O)Nc2cc(Cl)ccc2Cl)C1. The van der Waals surface area contributed by atoms with E-state index >= 15 is 0 Å². The van der Waals surface area contributed by atoms with Crippen LogP contribution in [0.2, 0.25) is 10.0 Å². The maximum Gasteiger partial charge on any atom is 0.410 e. The predicted molar refractivity (Wildman–Crippen MR) is 95.6 cm³/mol. The molecule has 1 aliphatic rings. The second kappa shape index (κ2) is 7.62. The highest BCUT2D eigenvalue weighted by Gasteiger charge is 2.31. The van der Waals surface area contributed by atoms with Gasteiger partial charge in [0.1, 0.15) is 5.60 Å². The van der Waals surface area contributed by atoms with Gasteiger partial charge in [-0.2, -0.15) is 0 Å². The molecule has 0 radical (unpaired) electrons.